The van der Waals surface area contributed by atoms with Crippen molar-refractivity contribution in [2.24, 2.45) is 0 Å². The fourth-order valence-electron chi connectivity index (χ4n) is 3.50. The van der Waals surface area contributed by atoms with Crippen LogP contribution in [0.1, 0.15) is 0 Å². The molecule has 0 aliphatic rings. The van der Waals surface area contributed by atoms with Crippen molar-refractivity contribution < 1.29 is 33.2 Å². The van der Waals surface area contributed by atoms with Gasteiger partial charge in [-0.25, -0.2) is 0 Å². The van der Waals surface area contributed by atoms with Crippen LogP contribution in [0.25, 0.3) is 0 Å². The van der Waals surface area contributed by atoms with E-state index in [2.05, 4.69) is 10.6 Å². The lowest BCUT2D eigenvalue weighted by Crippen LogP contribution is -2.03. The highest BCUT2D eigenvalue weighted by Crippen LogP contribution is 2.46. The normalized spacial score (nSPS) is 10.2. The molecule has 3 aromatic carbocycles. The summed E-state index contributed by atoms with van der Waals surface area (Å²) in [4.78, 5) is 0. The van der Waals surface area contributed by atoms with Crippen LogP contribution in [0.15, 0.2) is 42.5 Å². The van der Waals surface area contributed by atoms with Gasteiger partial charge in [0.15, 0.2) is 34.5 Å². The molecular formula is C25H30N2O7. The number of hydrogen-bond donors (Lipinski definition) is 2. The molecule has 0 saturated heterocycles. The fourth-order valence-corrected chi connectivity index (χ4v) is 3.50. The molecule has 0 radical (unpaired) electrons. The van der Waals surface area contributed by atoms with Crippen LogP contribution in [-0.4, -0.2) is 49.8 Å². The minimum absolute atomic E-state index is 0.477. The van der Waals surface area contributed by atoms with E-state index in [1.807, 2.05) is 36.4 Å². The second-order valence-electron chi connectivity index (χ2n) is 6.95. The van der Waals surface area contributed by atoms with Gasteiger partial charge in [-0.05, 0) is 24.3 Å². The largest absolute Gasteiger partial charge is 0.493 e. The van der Waals surface area contributed by atoms with Gasteiger partial charge in [0.2, 0.25) is 5.75 Å². The number of benzene rings is 3. The third-order valence-corrected chi connectivity index (χ3v) is 5.16. The first-order valence-electron chi connectivity index (χ1n) is 10.3. The molecule has 3 rings (SSSR count). The first-order valence-corrected chi connectivity index (χ1v) is 10.3. The SMILES string of the molecule is COc1ccc(Nc2cc(OC)c(OC)cc2Nc2ccc(OC)c(OC)c2OC)cc1OC. The lowest BCUT2D eigenvalue weighted by atomic mass is 10.2. The van der Waals surface area contributed by atoms with E-state index in [9.17, 15) is 0 Å². The number of ether oxygens (including phenoxy) is 7. The van der Waals surface area contributed by atoms with Crippen LogP contribution < -0.4 is 43.8 Å². The molecule has 0 aliphatic heterocycles. The molecule has 2 N–H and O–H groups in total. The number of rotatable bonds is 11. The average molecular weight is 471 g/mol. The Morgan fingerprint density at radius 2 is 0.912 bits per heavy atom. The quantitative estimate of drug-likeness (QED) is 0.391. The van der Waals surface area contributed by atoms with Gasteiger partial charge < -0.3 is 43.8 Å². The molecule has 9 nitrogen and oxygen atoms in total. The minimum Gasteiger partial charge on any atom is -0.493 e. The first-order chi connectivity index (χ1) is 16.5. The monoisotopic (exact) mass is 470 g/mol. The Morgan fingerprint density at radius 3 is 1.44 bits per heavy atom. The van der Waals surface area contributed by atoms with Crippen LogP contribution in [0.4, 0.5) is 22.7 Å². The number of hydrogen-bond acceptors (Lipinski definition) is 9. The molecule has 0 heterocycles. The van der Waals surface area contributed by atoms with E-state index in [-0.39, 0.29) is 0 Å². The first kappa shape index (κ1) is 24.5. The molecule has 0 atom stereocenters. The van der Waals surface area contributed by atoms with E-state index in [0.717, 1.165) is 11.4 Å². The van der Waals surface area contributed by atoms with Gasteiger partial charge in [-0.3, -0.25) is 0 Å². The van der Waals surface area contributed by atoms with E-state index in [0.29, 0.717) is 51.6 Å². The smallest absolute Gasteiger partial charge is 0.205 e. The van der Waals surface area contributed by atoms with Crippen molar-refractivity contribution in [3.05, 3.63) is 42.5 Å². The summed E-state index contributed by atoms with van der Waals surface area (Å²) in [5.74, 6) is 3.88. The van der Waals surface area contributed by atoms with Gasteiger partial charge in [-0.15, -0.1) is 0 Å². The molecule has 0 amide bonds. The van der Waals surface area contributed by atoms with Crippen molar-refractivity contribution >= 4 is 22.7 Å². The number of anilines is 4. The molecule has 0 bridgehead atoms. The predicted molar refractivity (Wildman–Crippen MR) is 132 cm³/mol. The van der Waals surface area contributed by atoms with Crippen molar-refractivity contribution in [1.82, 2.24) is 0 Å². The Hall–Kier alpha value is -4.14. The maximum Gasteiger partial charge on any atom is 0.205 e. The minimum atomic E-state index is 0.477. The van der Waals surface area contributed by atoms with Gasteiger partial charge >= 0.3 is 0 Å². The van der Waals surface area contributed by atoms with E-state index in [4.69, 9.17) is 33.2 Å². The number of methoxy groups -OCH3 is 7. The molecule has 0 spiro atoms. The standard InChI is InChI=1S/C25H30N2O7/c1-28-19-10-8-15(12-21(19)30-3)26-17-13-22(31-4)23(32-5)14-18(17)27-16-9-11-20(29-2)25(34-7)24(16)33-6/h8-14,26-27H,1-7H3. The van der Waals surface area contributed by atoms with Crippen molar-refractivity contribution in [2.45, 2.75) is 0 Å². The van der Waals surface area contributed by atoms with Crippen LogP contribution in [0.2, 0.25) is 0 Å². The summed E-state index contributed by atoms with van der Waals surface area (Å²) in [6.45, 7) is 0. The predicted octanol–water partition coefficient (Wildman–Crippen LogP) is 5.23. The average Bonchev–Trinajstić information content (AvgIpc) is 2.88. The lowest BCUT2D eigenvalue weighted by molar-refractivity contribution is 0.325. The van der Waals surface area contributed by atoms with Gasteiger partial charge in [-0.1, -0.05) is 0 Å². The zero-order chi connectivity index (χ0) is 24.7. The van der Waals surface area contributed by atoms with Crippen LogP contribution >= 0.6 is 0 Å². The molecule has 3 aromatic rings. The van der Waals surface area contributed by atoms with E-state index in [1.54, 1.807) is 55.8 Å². The number of nitrogens with one attached hydrogen (secondary N) is 2. The van der Waals surface area contributed by atoms with E-state index < -0.39 is 0 Å². The highest BCUT2D eigenvalue weighted by atomic mass is 16.5. The molecule has 0 saturated carbocycles. The molecule has 0 aliphatic carbocycles. The summed E-state index contributed by atoms with van der Waals surface area (Å²) >= 11 is 0. The van der Waals surface area contributed by atoms with E-state index in [1.165, 1.54) is 0 Å². The Balaban J connectivity index is 2.09. The third kappa shape index (κ3) is 4.93. The topological polar surface area (TPSA) is 88.7 Å². The maximum atomic E-state index is 5.62. The second-order valence-corrected chi connectivity index (χ2v) is 6.95. The fraction of sp³-hybridized carbons (Fsp3) is 0.280. The summed E-state index contributed by atoms with van der Waals surface area (Å²) in [5.41, 5.74) is 2.88. The van der Waals surface area contributed by atoms with Gasteiger partial charge in [0.05, 0.1) is 66.8 Å². The highest BCUT2D eigenvalue weighted by Gasteiger charge is 2.19. The van der Waals surface area contributed by atoms with Crippen molar-refractivity contribution in [3.8, 4) is 40.2 Å². The van der Waals surface area contributed by atoms with Gasteiger partial charge in [0.25, 0.3) is 0 Å². The Bertz CT molecular complexity index is 1130. The van der Waals surface area contributed by atoms with Crippen molar-refractivity contribution in [1.29, 1.82) is 0 Å². The summed E-state index contributed by atoms with van der Waals surface area (Å²) in [7, 11) is 11.1. The van der Waals surface area contributed by atoms with Crippen LogP contribution in [0.5, 0.6) is 40.2 Å². The zero-order valence-electron chi connectivity index (χ0n) is 20.4. The molecule has 0 unspecified atom stereocenters. The molecule has 34 heavy (non-hydrogen) atoms. The van der Waals surface area contributed by atoms with Crippen molar-refractivity contribution in [3.63, 3.8) is 0 Å². The maximum absolute atomic E-state index is 5.62. The second kappa shape index (κ2) is 11.1. The summed E-state index contributed by atoms with van der Waals surface area (Å²) in [6, 6.07) is 12.9. The van der Waals surface area contributed by atoms with Gasteiger partial charge in [0.1, 0.15) is 0 Å². The molecule has 9 heteroatoms. The Labute approximate surface area is 199 Å². The lowest BCUT2D eigenvalue weighted by Gasteiger charge is -2.20. The van der Waals surface area contributed by atoms with Crippen molar-refractivity contribution in [2.75, 3.05) is 60.4 Å². The summed E-state index contributed by atoms with van der Waals surface area (Å²) in [6.07, 6.45) is 0. The van der Waals surface area contributed by atoms with Gasteiger partial charge in [-0.2, -0.15) is 0 Å². The Morgan fingerprint density at radius 1 is 0.412 bits per heavy atom. The summed E-state index contributed by atoms with van der Waals surface area (Å²) < 4.78 is 38.3. The van der Waals surface area contributed by atoms with Crippen LogP contribution in [-0.2, 0) is 0 Å². The summed E-state index contributed by atoms with van der Waals surface area (Å²) in [5, 5.41) is 6.80. The van der Waals surface area contributed by atoms with E-state index >= 15 is 0 Å². The molecule has 0 fully saturated rings. The Kier molecular flexibility index (Phi) is 8.02. The van der Waals surface area contributed by atoms with Crippen LogP contribution in [0, 0.1) is 0 Å². The molecule has 182 valence electrons. The zero-order valence-corrected chi connectivity index (χ0v) is 20.4. The molecular weight excluding hydrogens is 440 g/mol. The molecule has 0 aromatic heterocycles. The third-order valence-electron chi connectivity index (χ3n) is 5.16. The van der Waals surface area contributed by atoms with Crippen LogP contribution in [0.3, 0.4) is 0 Å². The van der Waals surface area contributed by atoms with Gasteiger partial charge in [0, 0.05) is 23.9 Å². The highest BCUT2D eigenvalue weighted by molar-refractivity contribution is 5.84.